The maximum absolute atomic E-state index is 6.17. The zero-order chi connectivity index (χ0) is 11.7. The molecule has 1 aromatic heterocycles. The Morgan fingerprint density at radius 2 is 1.94 bits per heavy atom. The summed E-state index contributed by atoms with van der Waals surface area (Å²) in [6.45, 7) is 2.06. The average molecular weight is 272 g/mol. The Bertz CT molecular complexity index is 507. The van der Waals surface area contributed by atoms with Gasteiger partial charge >= 0.3 is 0 Å². The molecule has 0 aliphatic rings. The van der Waals surface area contributed by atoms with E-state index >= 15 is 0 Å². The minimum absolute atomic E-state index is 0.204. The Balaban J connectivity index is 2.41. The molecule has 1 nitrogen and oxygen atoms in total. The van der Waals surface area contributed by atoms with E-state index in [0.717, 1.165) is 10.4 Å². The summed E-state index contributed by atoms with van der Waals surface area (Å²) in [5, 5.41) is 1.09. The Labute approximate surface area is 109 Å². The van der Waals surface area contributed by atoms with Gasteiger partial charge in [-0.25, -0.2) is 0 Å². The van der Waals surface area contributed by atoms with E-state index < -0.39 is 0 Å². The topological polar surface area (TPSA) is 26.0 Å². The summed E-state index contributed by atoms with van der Waals surface area (Å²) >= 11 is 13.8. The zero-order valence-electron chi connectivity index (χ0n) is 8.71. The van der Waals surface area contributed by atoms with E-state index in [2.05, 4.69) is 13.0 Å². The molecule has 0 amide bonds. The number of rotatable bonds is 2. The third-order valence-corrected chi connectivity index (χ3v) is 4.30. The van der Waals surface area contributed by atoms with E-state index in [0.29, 0.717) is 10.0 Å². The second-order valence-electron chi connectivity index (χ2n) is 3.57. The van der Waals surface area contributed by atoms with E-state index in [1.54, 1.807) is 17.4 Å². The highest BCUT2D eigenvalue weighted by molar-refractivity contribution is 7.12. The molecule has 1 unspecified atom stereocenters. The summed E-state index contributed by atoms with van der Waals surface area (Å²) in [5.74, 6) is 0. The number of hydrogen-bond acceptors (Lipinski definition) is 2. The molecule has 4 heteroatoms. The fourth-order valence-electron chi connectivity index (χ4n) is 1.53. The summed E-state index contributed by atoms with van der Waals surface area (Å²) in [5.41, 5.74) is 7.04. The molecule has 0 saturated heterocycles. The molecule has 0 fully saturated rings. The molecule has 84 valence electrons. The van der Waals surface area contributed by atoms with Gasteiger partial charge in [-0.1, -0.05) is 35.3 Å². The second-order valence-corrected chi connectivity index (χ2v) is 5.67. The first kappa shape index (κ1) is 11.9. The van der Waals surface area contributed by atoms with Crippen LogP contribution in [-0.2, 0) is 0 Å². The lowest BCUT2D eigenvalue weighted by Crippen LogP contribution is -2.10. The third kappa shape index (κ3) is 2.25. The Kier molecular flexibility index (Phi) is 3.55. The van der Waals surface area contributed by atoms with E-state index in [1.165, 1.54) is 4.88 Å². The maximum atomic E-state index is 6.17. The van der Waals surface area contributed by atoms with Crippen molar-refractivity contribution in [2.24, 2.45) is 5.73 Å². The summed E-state index contributed by atoms with van der Waals surface area (Å²) in [4.78, 5) is 2.34. The lowest BCUT2D eigenvalue weighted by atomic mass is 10.1. The lowest BCUT2D eigenvalue weighted by Gasteiger charge is -2.12. The zero-order valence-corrected chi connectivity index (χ0v) is 11.0. The fourth-order valence-corrected chi connectivity index (χ4v) is 2.86. The standard InChI is InChI=1S/C12H11Cl2NS/c1-7-5-6-10(16-7)12(15)8-3-2-4-9(13)11(8)14/h2-6,12H,15H2,1H3. The van der Waals surface area contributed by atoms with Crippen LogP contribution in [-0.4, -0.2) is 0 Å². The SMILES string of the molecule is Cc1ccc(C(N)c2cccc(Cl)c2Cl)s1. The van der Waals surface area contributed by atoms with Crippen LogP contribution in [0.1, 0.15) is 21.4 Å². The van der Waals surface area contributed by atoms with Gasteiger partial charge in [-0.05, 0) is 30.7 Å². The van der Waals surface area contributed by atoms with Crippen LogP contribution in [0.15, 0.2) is 30.3 Å². The maximum Gasteiger partial charge on any atom is 0.0661 e. The van der Waals surface area contributed by atoms with Crippen molar-refractivity contribution in [2.45, 2.75) is 13.0 Å². The molecule has 0 radical (unpaired) electrons. The molecule has 1 atom stereocenters. The van der Waals surface area contributed by atoms with Gasteiger partial charge in [0.15, 0.2) is 0 Å². The highest BCUT2D eigenvalue weighted by Gasteiger charge is 2.15. The van der Waals surface area contributed by atoms with E-state index in [9.17, 15) is 0 Å². The Morgan fingerprint density at radius 1 is 1.19 bits per heavy atom. The fraction of sp³-hybridized carbons (Fsp3) is 0.167. The monoisotopic (exact) mass is 271 g/mol. The predicted molar refractivity (Wildman–Crippen MR) is 71.5 cm³/mol. The van der Waals surface area contributed by atoms with Crippen LogP contribution in [0.25, 0.3) is 0 Å². The molecular formula is C12H11Cl2NS. The molecule has 2 rings (SSSR count). The van der Waals surface area contributed by atoms with Gasteiger partial charge in [-0.2, -0.15) is 0 Å². The molecular weight excluding hydrogens is 261 g/mol. The van der Waals surface area contributed by atoms with Crippen LogP contribution in [0.5, 0.6) is 0 Å². The normalized spacial score (nSPS) is 12.8. The van der Waals surface area contributed by atoms with E-state index in [-0.39, 0.29) is 6.04 Å². The van der Waals surface area contributed by atoms with Crippen molar-refractivity contribution in [3.8, 4) is 0 Å². The van der Waals surface area contributed by atoms with Crippen molar-refractivity contribution in [3.05, 3.63) is 55.7 Å². The summed E-state index contributed by atoms with van der Waals surface area (Å²) in [6, 6.07) is 9.42. The van der Waals surface area contributed by atoms with E-state index in [1.807, 2.05) is 18.2 Å². The van der Waals surface area contributed by atoms with Gasteiger partial charge in [0, 0.05) is 9.75 Å². The van der Waals surface area contributed by atoms with E-state index in [4.69, 9.17) is 28.9 Å². The van der Waals surface area contributed by atoms with Gasteiger partial charge in [-0.15, -0.1) is 11.3 Å². The molecule has 1 heterocycles. The summed E-state index contributed by atoms with van der Waals surface area (Å²) in [7, 11) is 0. The number of hydrogen-bond donors (Lipinski definition) is 1. The van der Waals surface area contributed by atoms with Gasteiger partial charge in [0.25, 0.3) is 0 Å². The van der Waals surface area contributed by atoms with Gasteiger partial charge in [0.05, 0.1) is 16.1 Å². The predicted octanol–water partition coefficient (Wildman–Crippen LogP) is 4.41. The number of nitrogens with two attached hydrogens (primary N) is 1. The van der Waals surface area contributed by atoms with Gasteiger partial charge < -0.3 is 5.73 Å². The lowest BCUT2D eigenvalue weighted by molar-refractivity contribution is 0.894. The van der Waals surface area contributed by atoms with Crippen LogP contribution in [0.3, 0.4) is 0 Å². The van der Waals surface area contributed by atoms with Crippen molar-refractivity contribution >= 4 is 34.5 Å². The third-order valence-electron chi connectivity index (χ3n) is 2.38. The molecule has 2 aromatic rings. The molecule has 0 aliphatic carbocycles. The van der Waals surface area contributed by atoms with Crippen molar-refractivity contribution in [3.63, 3.8) is 0 Å². The van der Waals surface area contributed by atoms with Gasteiger partial charge in [0.2, 0.25) is 0 Å². The molecule has 0 aliphatic heterocycles. The minimum Gasteiger partial charge on any atom is -0.320 e. The second kappa shape index (κ2) is 4.76. The van der Waals surface area contributed by atoms with Crippen LogP contribution in [0, 0.1) is 6.92 Å². The number of benzene rings is 1. The minimum atomic E-state index is -0.204. The quantitative estimate of drug-likeness (QED) is 0.860. The molecule has 0 spiro atoms. The molecule has 2 N–H and O–H groups in total. The smallest absolute Gasteiger partial charge is 0.0661 e. The first-order valence-electron chi connectivity index (χ1n) is 4.85. The van der Waals surface area contributed by atoms with Gasteiger partial charge in [-0.3, -0.25) is 0 Å². The van der Waals surface area contributed by atoms with Crippen LogP contribution in [0.2, 0.25) is 10.0 Å². The van der Waals surface area contributed by atoms with Crippen molar-refractivity contribution in [1.82, 2.24) is 0 Å². The first-order valence-corrected chi connectivity index (χ1v) is 6.42. The molecule has 0 saturated carbocycles. The van der Waals surface area contributed by atoms with Crippen molar-refractivity contribution in [2.75, 3.05) is 0 Å². The highest BCUT2D eigenvalue weighted by Crippen LogP contribution is 2.34. The highest BCUT2D eigenvalue weighted by atomic mass is 35.5. The molecule has 16 heavy (non-hydrogen) atoms. The summed E-state index contributed by atoms with van der Waals surface area (Å²) in [6.07, 6.45) is 0. The Morgan fingerprint density at radius 3 is 2.56 bits per heavy atom. The van der Waals surface area contributed by atoms with Gasteiger partial charge in [0.1, 0.15) is 0 Å². The van der Waals surface area contributed by atoms with Crippen LogP contribution >= 0.6 is 34.5 Å². The molecule has 0 bridgehead atoms. The molecule has 1 aromatic carbocycles. The first-order chi connectivity index (χ1) is 7.59. The van der Waals surface area contributed by atoms with Crippen molar-refractivity contribution < 1.29 is 0 Å². The number of aryl methyl sites for hydroxylation is 1. The largest absolute Gasteiger partial charge is 0.320 e. The van der Waals surface area contributed by atoms with Crippen LogP contribution < -0.4 is 5.73 Å². The Hall–Kier alpha value is -0.540. The number of thiophene rings is 1. The van der Waals surface area contributed by atoms with Crippen molar-refractivity contribution in [1.29, 1.82) is 0 Å². The number of halogens is 2. The summed E-state index contributed by atoms with van der Waals surface area (Å²) < 4.78 is 0. The average Bonchev–Trinajstić information content (AvgIpc) is 2.68. The van der Waals surface area contributed by atoms with Crippen LogP contribution in [0.4, 0.5) is 0 Å².